The number of amides is 2. The van der Waals surface area contributed by atoms with Crippen molar-refractivity contribution in [3.8, 4) is 0 Å². The number of aromatic nitrogens is 3. The number of carbonyl (C=O) groups excluding carboxylic acids is 2. The molecule has 2 heterocycles. The highest BCUT2D eigenvalue weighted by atomic mass is 19.1. The molecule has 0 radical (unpaired) electrons. The number of para-hydroxylation sites is 1. The molecule has 0 aliphatic rings. The number of furan rings is 1. The maximum absolute atomic E-state index is 14.6. The maximum Gasteiger partial charge on any atom is 0.251 e. The van der Waals surface area contributed by atoms with E-state index in [2.05, 4.69) is 15.6 Å². The molecule has 0 aliphatic heterocycles. The van der Waals surface area contributed by atoms with Crippen molar-refractivity contribution in [2.45, 2.75) is 26.4 Å². The molecule has 10 heteroatoms. The van der Waals surface area contributed by atoms with E-state index in [1.165, 1.54) is 22.8 Å². The van der Waals surface area contributed by atoms with Crippen LogP contribution in [0.3, 0.4) is 0 Å². The average Bonchev–Trinajstić information content (AvgIpc) is 3.45. The molecule has 0 unspecified atom stereocenters. The number of aryl methyl sites for hydroxylation is 2. The topological polar surface area (TPSA) is 102 Å². The molecule has 4 aromatic rings. The van der Waals surface area contributed by atoms with E-state index in [4.69, 9.17) is 9.15 Å². The minimum atomic E-state index is -1.19. The number of rotatable bonds is 9. The lowest BCUT2D eigenvalue weighted by atomic mass is 10.1. The van der Waals surface area contributed by atoms with Crippen LogP contribution < -0.4 is 10.2 Å². The van der Waals surface area contributed by atoms with Gasteiger partial charge in [-0.2, -0.15) is 0 Å². The van der Waals surface area contributed by atoms with Crippen LogP contribution in [0.25, 0.3) is 11.0 Å². The van der Waals surface area contributed by atoms with E-state index in [1.807, 2.05) is 12.1 Å². The number of nitrogens with zero attached hydrogens (tertiary/aromatic N) is 4. The van der Waals surface area contributed by atoms with Gasteiger partial charge in [-0.25, -0.2) is 9.07 Å². The van der Waals surface area contributed by atoms with Gasteiger partial charge in [0.1, 0.15) is 29.4 Å². The van der Waals surface area contributed by atoms with Gasteiger partial charge in [-0.3, -0.25) is 14.5 Å². The van der Waals surface area contributed by atoms with Crippen LogP contribution in [0.4, 0.5) is 10.1 Å². The van der Waals surface area contributed by atoms with Crippen molar-refractivity contribution in [3.63, 3.8) is 0 Å². The fourth-order valence-corrected chi connectivity index (χ4v) is 3.75. The Morgan fingerprint density at radius 1 is 1.17 bits per heavy atom. The zero-order valence-corrected chi connectivity index (χ0v) is 19.7. The normalized spacial score (nSPS) is 12.0. The Bertz CT molecular complexity index is 1350. The highest BCUT2D eigenvalue weighted by Crippen LogP contribution is 2.31. The molecule has 2 aromatic heterocycles. The lowest BCUT2D eigenvalue weighted by molar-refractivity contribution is -0.127. The summed E-state index contributed by atoms with van der Waals surface area (Å²) in [6.07, 6.45) is 0. The van der Waals surface area contributed by atoms with Crippen LogP contribution in [0.15, 0.2) is 59.0 Å². The fourth-order valence-electron chi connectivity index (χ4n) is 3.75. The smallest absolute Gasteiger partial charge is 0.251 e. The van der Waals surface area contributed by atoms with Crippen molar-refractivity contribution in [2.75, 3.05) is 25.2 Å². The predicted molar refractivity (Wildman–Crippen MR) is 127 cm³/mol. The van der Waals surface area contributed by atoms with Gasteiger partial charge in [0.25, 0.3) is 5.91 Å². The van der Waals surface area contributed by atoms with Crippen LogP contribution in [0.1, 0.15) is 23.1 Å². The van der Waals surface area contributed by atoms with Gasteiger partial charge in [0.15, 0.2) is 6.04 Å². The number of carbonyl (C=O) groups is 2. The molecule has 1 atom stereocenters. The number of hydrogen-bond acceptors (Lipinski definition) is 6. The first-order valence-electron chi connectivity index (χ1n) is 11.1. The third kappa shape index (κ3) is 5.22. The molecule has 0 aliphatic carbocycles. The van der Waals surface area contributed by atoms with E-state index in [1.54, 1.807) is 50.2 Å². The van der Waals surface area contributed by atoms with Crippen LogP contribution in [0, 0.1) is 19.7 Å². The lowest BCUT2D eigenvalue weighted by Crippen LogP contribution is -2.45. The van der Waals surface area contributed by atoms with E-state index in [-0.39, 0.29) is 31.1 Å². The van der Waals surface area contributed by atoms with Gasteiger partial charge >= 0.3 is 0 Å². The van der Waals surface area contributed by atoms with Gasteiger partial charge in [0.05, 0.1) is 12.1 Å². The zero-order chi connectivity index (χ0) is 24.9. The minimum absolute atomic E-state index is 0.212. The summed E-state index contributed by atoms with van der Waals surface area (Å²) in [4.78, 5) is 28.4. The quantitative estimate of drug-likeness (QED) is 0.370. The Morgan fingerprint density at radius 2 is 1.97 bits per heavy atom. The third-order valence-corrected chi connectivity index (χ3v) is 5.55. The van der Waals surface area contributed by atoms with Crippen molar-refractivity contribution >= 4 is 28.5 Å². The summed E-state index contributed by atoms with van der Waals surface area (Å²) < 4.78 is 26.8. The van der Waals surface area contributed by atoms with Gasteiger partial charge < -0.3 is 14.5 Å². The van der Waals surface area contributed by atoms with Gasteiger partial charge in [-0.1, -0.05) is 23.4 Å². The third-order valence-electron chi connectivity index (χ3n) is 5.55. The lowest BCUT2D eigenvalue weighted by Gasteiger charge is -2.30. The molecular formula is C25H26FN5O4. The van der Waals surface area contributed by atoms with Crippen LogP contribution in [0.2, 0.25) is 0 Å². The first kappa shape index (κ1) is 24.1. The summed E-state index contributed by atoms with van der Waals surface area (Å²) in [7, 11) is 1.52. The molecule has 0 bridgehead atoms. The molecule has 1 N–H and O–H groups in total. The molecule has 35 heavy (non-hydrogen) atoms. The van der Waals surface area contributed by atoms with Crippen molar-refractivity contribution < 1.29 is 23.1 Å². The minimum Gasteiger partial charge on any atom is -0.464 e. The number of fused-ring (bicyclic) bond motifs is 1. The van der Waals surface area contributed by atoms with E-state index < -0.39 is 23.7 Å². The molecule has 0 saturated carbocycles. The van der Waals surface area contributed by atoms with E-state index in [0.29, 0.717) is 22.4 Å². The number of ether oxygens (including phenoxy) is 1. The second kappa shape index (κ2) is 10.5. The fraction of sp³-hybridized carbons (Fsp3) is 0.280. The number of benzene rings is 2. The van der Waals surface area contributed by atoms with Crippen molar-refractivity contribution in [3.05, 3.63) is 77.5 Å². The summed E-state index contributed by atoms with van der Waals surface area (Å²) in [5.41, 5.74) is 1.91. The van der Waals surface area contributed by atoms with Crippen LogP contribution in [-0.4, -0.2) is 47.1 Å². The van der Waals surface area contributed by atoms with E-state index >= 15 is 0 Å². The van der Waals surface area contributed by atoms with Gasteiger partial charge in [0.2, 0.25) is 5.91 Å². The van der Waals surface area contributed by atoms with E-state index in [0.717, 1.165) is 0 Å². The molecule has 0 spiro atoms. The monoisotopic (exact) mass is 479 g/mol. The molecular weight excluding hydrogens is 453 g/mol. The Hall–Kier alpha value is -4.05. The molecule has 182 valence electrons. The maximum atomic E-state index is 14.6. The molecule has 0 fully saturated rings. The van der Waals surface area contributed by atoms with Crippen molar-refractivity contribution in [2.24, 2.45) is 0 Å². The van der Waals surface area contributed by atoms with Crippen molar-refractivity contribution in [1.29, 1.82) is 0 Å². The summed E-state index contributed by atoms with van der Waals surface area (Å²) in [6.45, 7) is 3.65. The molecule has 4 rings (SSSR count). The number of nitrogens with one attached hydrogen (secondary N) is 1. The zero-order valence-electron chi connectivity index (χ0n) is 19.7. The number of methoxy groups -OCH3 is 1. The largest absolute Gasteiger partial charge is 0.464 e. The Morgan fingerprint density at radius 3 is 2.69 bits per heavy atom. The number of halogens is 1. The molecule has 9 nitrogen and oxygen atoms in total. The second-order valence-electron chi connectivity index (χ2n) is 8.07. The van der Waals surface area contributed by atoms with E-state index in [9.17, 15) is 14.0 Å². The Labute approximate surface area is 201 Å². The summed E-state index contributed by atoms with van der Waals surface area (Å²) in [6, 6.07) is 13.8. The predicted octanol–water partition coefficient (Wildman–Crippen LogP) is 3.32. The summed E-state index contributed by atoms with van der Waals surface area (Å²) in [5.74, 6) is -0.672. The van der Waals surface area contributed by atoms with Crippen LogP contribution >= 0.6 is 0 Å². The molecule has 2 aromatic carbocycles. The summed E-state index contributed by atoms with van der Waals surface area (Å²) in [5, 5.41) is 10.9. The van der Waals surface area contributed by atoms with Gasteiger partial charge in [-0.15, -0.1) is 5.10 Å². The van der Waals surface area contributed by atoms with Gasteiger partial charge in [0, 0.05) is 19.3 Å². The highest BCUT2D eigenvalue weighted by molar-refractivity contribution is 6.01. The highest BCUT2D eigenvalue weighted by Gasteiger charge is 2.35. The number of anilines is 1. The van der Waals surface area contributed by atoms with Crippen LogP contribution in [-0.2, 0) is 20.9 Å². The SMILES string of the molecule is COCCNC(=O)[C@@H](c1ccc(C)o1)N(C(=O)Cn1nnc2ccccc21)c1ccc(C)c(F)c1. The van der Waals surface area contributed by atoms with Gasteiger partial charge in [-0.05, 0) is 55.8 Å². The average molecular weight is 480 g/mol. The van der Waals surface area contributed by atoms with Crippen molar-refractivity contribution in [1.82, 2.24) is 20.3 Å². The number of hydrogen-bond donors (Lipinski definition) is 1. The Balaban J connectivity index is 1.78. The first-order valence-corrected chi connectivity index (χ1v) is 11.1. The molecule has 0 saturated heterocycles. The Kier molecular flexibility index (Phi) is 7.21. The first-order chi connectivity index (χ1) is 16.9. The standard InChI is InChI=1S/C25H26FN5O4/c1-16-8-10-18(14-19(16)26)31(23(32)15-30-21-7-5-4-6-20(21)28-29-30)24(22-11-9-17(2)35-22)25(33)27-12-13-34-3/h4-11,14,24H,12-13,15H2,1-3H3,(H,27,33)/t24-/m1/s1. The molecule has 2 amide bonds. The second-order valence-corrected chi connectivity index (χ2v) is 8.07. The van der Waals surface area contributed by atoms with Crippen LogP contribution in [0.5, 0.6) is 0 Å². The summed E-state index contributed by atoms with van der Waals surface area (Å²) >= 11 is 0.